The van der Waals surface area contributed by atoms with E-state index in [0.717, 1.165) is 39.2 Å². The van der Waals surface area contributed by atoms with Gasteiger partial charge in [0.05, 0.1) is 19.3 Å². The topological polar surface area (TPSA) is 30.5 Å². The maximum absolute atomic E-state index is 5.66. The van der Waals surface area contributed by atoms with Crippen molar-refractivity contribution in [2.45, 2.75) is 45.3 Å². The molecule has 2 unspecified atom stereocenters. The first-order valence-electron chi connectivity index (χ1n) is 6.14. The van der Waals surface area contributed by atoms with Crippen LogP contribution in [0.3, 0.4) is 0 Å². The number of hydrogen-bond donors (Lipinski definition) is 1. The Labute approximate surface area is 92.5 Å². The molecule has 3 heteroatoms. The van der Waals surface area contributed by atoms with Crippen molar-refractivity contribution in [1.82, 2.24) is 5.32 Å². The molecule has 0 aromatic heterocycles. The van der Waals surface area contributed by atoms with E-state index >= 15 is 0 Å². The molecule has 0 spiro atoms. The Morgan fingerprint density at radius 3 is 2.80 bits per heavy atom. The minimum Gasteiger partial charge on any atom is -0.380 e. The number of hydrogen-bond acceptors (Lipinski definition) is 3. The highest BCUT2D eigenvalue weighted by Crippen LogP contribution is 2.26. The Bertz CT molecular complexity index is 204. The second kappa shape index (κ2) is 4.81. The Hall–Kier alpha value is -0.120. The van der Waals surface area contributed by atoms with Crippen LogP contribution >= 0.6 is 0 Å². The first-order chi connectivity index (χ1) is 7.22. The molecule has 2 saturated heterocycles. The van der Waals surface area contributed by atoms with Crippen LogP contribution in [0.5, 0.6) is 0 Å². The van der Waals surface area contributed by atoms with Gasteiger partial charge in [-0.15, -0.1) is 0 Å². The van der Waals surface area contributed by atoms with Crippen LogP contribution in [0.15, 0.2) is 0 Å². The first kappa shape index (κ1) is 11.4. The van der Waals surface area contributed by atoms with Gasteiger partial charge >= 0.3 is 0 Å². The monoisotopic (exact) mass is 213 g/mol. The largest absolute Gasteiger partial charge is 0.380 e. The summed E-state index contributed by atoms with van der Waals surface area (Å²) in [5, 5.41) is 3.67. The lowest BCUT2D eigenvalue weighted by Crippen LogP contribution is -2.51. The minimum atomic E-state index is 0.389. The minimum absolute atomic E-state index is 0.389. The third-order valence-electron chi connectivity index (χ3n) is 3.54. The van der Waals surface area contributed by atoms with Crippen LogP contribution < -0.4 is 5.32 Å². The van der Waals surface area contributed by atoms with Gasteiger partial charge in [0, 0.05) is 24.6 Å². The molecule has 2 atom stereocenters. The molecule has 0 aliphatic carbocycles. The van der Waals surface area contributed by atoms with E-state index in [2.05, 4.69) is 19.2 Å². The summed E-state index contributed by atoms with van der Waals surface area (Å²) < 4.78 is 10.9. The molecule has 0 aromatic rings. The molecule has 0 aromatic carbocycles. The van der Waals surface area contributed by atoms with Crippen molar-refractivity contribution in [2.75, 3.05) is 26.4 Å². The molecular weight excluding hydrogens is 190 g/mol. The van der Waals surface area contributed by atoms with Gasteiger partial charge in [0.1, 0.15) is 0 Å². The fourth-order valence-corrected chi connectivity index (χ4v) is 2.29. The third kappa shape index (κ3) is 2.92. The summed E-state index contributed by atoms with van der Waals surface area (Å²) in [5.74, 6) is 0. The van der Waals surface area contributed by atoms with Gasteiger partial charge in [-0.25, -0.2) is 0 Å². The molecule has 2 fully saturated rings. The van der Waals surface area contributed by atoms with E-state index in [1.54, 1.807) is 0 Å². The molecule has 2 rings (SSSR count). The molecule has 0 amide bonds. The maximum atomic E-state index is 5.66. The molecule has 2 aliphatic heterocycles. The second-order valence-electron chi connectivity index (χ2n) is 5.31. The highest BCUT2D eigenvalue weighted by atomic mass is 16.5. The summed E-state index contributed by atoms with van der Waals surface area (Å²) in [7, 11) is 0. The lowest BCUT2D eigenvalue weighted by Gasteiger charge is -2.40. The average molecular weight is 213 g/mol. The van der Waals surface area contributed by atoms with Crippen LogP contribution in [-0.4, -0.2) is 38.5 Å². The molecule has 3 nitrogen and oxygen atoms in total. The molecular formula is C12H23NO2. The van der Waals surface area contributed by atoms with Crippen molar-refractivity contribution in [3.05, 3.63) is 0 Å². The highest BCUT2D eigenvalue weighted by molar-refractivity contribution is 4.86. The van der Waals surface area contributed by atoms with E-state index in [4.69, 9.17) is 9.47 Å². The van der Waals surface area contributed by atoms with Crippen molar-refractivity contribution in [2.24, 2.45) is 5.41 Å². The zero-order valence-corrected chi connectivity index (χ0v) is 9.92. The van der Waals surface area contributed by atoms with Gasteiger partial charge in [-0.3, -0.25) is 0 Å². The summed E-state index contributed by atoms with van der Waals surface area (Å²) >= 11 is 0. The van der Waals surface area contributed by atoms with Crippen LogP contribution in [0, 0.1) is 5.41 Å². The van der Waals surface area contributed by atoms with Crippen molar-refractivity contribution >= 4 is 0 Å². The van der Waals surface area contributed by atoms with E-state index < -0.39 is 0 Å². The van der Waals surface area contributed by atoms with Crippen molar-refractivity contribution in [1.29, 1.82) is 0 Å². The maximum Gasteiger partial charge on any atom is 0.0587 e. The SMILES string of the molecule is CCC1CC(NCC2(C)COC2)CCO1. The molecule has 1 N–H and O–H groups in total. The zero-order valence-electron chi connectivity index (χ0n) is 9.92. The van der Waals surface area contributed by atoms with Gasteiger partial charge in [-0.2, -0.15) is 0 Å². The summed E-state index contributed by atoms with van der Waals surface area (Å²) in [6, 6.07) is 0.654. The highest BCUT2D eigenvalue weighted by Gasteiger charge is 2.34. The van der Waals surface area contributed by atoms with Crippen LogP contribution in [0.1, 0.15) is 33.1 Å². The van der Waals surface area contributed by atoms with Crippen molar-refractivity contribution < 1.29 is 9.47 Å². The molecule has 88 valence electrons. The van der Waals surface area contributed by atoms with Gasteiger partial charge in [-0.05, 0) is 19.3 Å². The molecule has 0 saturated carbocycles. The van der Waals surface area contributed by atoms with E-state index in [0.29, 0.717) is 17.6 Å². The quantitative estimate of drug-likeness (QED) is 0.769. The van der Waals surface area contributed by atoms with Gasteiger partial charge in [0.2, 0.25) is 0 Å². The van der Waals surface area contributed by atoms with Crippen molar-refractivity contribution in [3.8, 4) is 0 Å². The van der Waals surface area contributed by atoms with Crippen LogP contribution in [0.2, 0.25) is 0 Å². The fourth-order valence-electron chi connectivity index (χ4n) is 2.29. The lowest BCUT2D eigenvalue weighted by atomic mass is 9.88. The van der Waals surface area contributed by atoms with E-state index in [1.165, 1.54) is 6.42 Å². The van der Waals surface area contributed by atoms with Crippen molar-refractivity contribution in [3.63, 3.8) is 0 Å². The smallest absolute Gasteiger partial charge is 0.0587 e. The molecule has 2 aliphatic rings. The van der Waals surface area contributed by atoms with Crippen LogP contribution in [0.25, 0.3) is 0 Å². The van der Waals surface area contributed by atoms with Crippen LogP contribution in [-0.2, 0) is 9.47 Å². The Morgan fingerprint density at radius 1 is 1.40 bits per heavy atom. The van der Waals surface area contributed by atoms with E-state index in [9.17, 15) is 0 Å². The number of ether oxygens (including phenoxy) is 2. The first-order valence-corrected chi connectivity index (χ1v) is 6.14. The van der Waals surface area contributed by atoms with Crippen LogP contribution in [0.4, 0.5) is 0 Å². The number of nitrogens with one attached hydrogen (secondary N) is 1. The fraction of sp³-hybridized carbons (Fsp3) is 1.00. The summed E-state index contributed by atoms with van der Waals surface area (Å²) in [6.45, 7) is 8.34. The Morgan fingerprint density at radius 2 is 2.20 bits per heavy atom. The zero-order chi connectivity index (χ0) is 10.7. The summed E-state index contributed by atoms with van der Waals surface area (Å²) in [6.07, 6.45) is 3.95. The third-order valence-corrected chi connectivity index (χ3v) is 3.54. The summed E-state index contributed by atoms with van der Waals surface area (Å²) in [5.41, 5.74) is 0.389. The number of rotatable bonds is 4. The predicted molar refractivity (Wildman–Crippen MR) is 60.0 cm³/mol. The van der Waals surface area contributed by atoms with E-state index in [-0.39, 0.29) is 0 Å². The average Bonchev–Trinajstić information content (AvgIpc) is 2.24. The van der Waals surface area contributed by atoms with Gasteiger partial charge in [0.25, 0.3) is 0 Å². The standard InChI is InChI=1S/C12H23NO2/c1-3-11-6-10(4-5-15-11)13-7-12(2)8-14-9-12/h10-11,13H,3-9H2,1-2H3. The predicted octanol–water partition coefficient (Wildman–Crippen LogP) is 1.57. The van der Waals surface area contributed by atoms with Gasteiger partial charge in [0.15, 0.2) is 0 Å². The van der Waals surface area contributed by atoms with Gasteiger partial charge in [-0.1, -0.05) is 13.8 Å². The molecule has 0 bridgehead atoms. The molecule has 15 heavy (non-hydrogen) atoms. The normalized spacial score (nSPS) is 34.8. The summed E-state index contributed by atoms with van der Waals surface area (Å²) in [4.78, 5) is 0. The second-order valence-corrected chi connectivity index (χ2v) is 5.31. The Kier molecular flexibility index (Phi) is 3.65. The van der Waals surface area contributed by atoms with Gasteiger partial charge < -0.3 is 14.8 Å². The Balaban J connectivity index is 1.69. The lowest BCUT2D eigenvalue weighted by molar-refractivity contribution is -0.102. The van der Waals surface area contributed by atoms with E-state index in [1.807, 2.05) is 0 Å². The molecule has 2 heterocycles. The molecule has 0 radical (unpaired) electrons.